The van der Waals surface area contributed by atoms with Crippen LogP contribution in [0.1, 0.15) is 168 Å². The summed E-state index contributed by atoms with van der Waals surface area (Å²) in [5.74, 6) is -0.594. The minimum atomic E-state index is -5.13. The largest absolute Gasteiger partial charge is 0.472 e. The molecule has 8 unspecified atom stereocenters. The van der Waals surface area contributed by atoms with Crippen molar-refractivity contribution in [3.63, 3.8) is 0 Å². The standard InChI is InChI=1S/C39H76NO12P/c1-3-5-7-9-11-13-15-16-17-18-20-22-24-26-30(41)28-33(43)40-31(32(42)27-25-23-21-19-14-12-10-8-6-4-2)29-51-53(49,50)52-39-37(47)35(45)34(44)36(46)38(39)48/h25,27,30-32,34-39,41-42,44-48H,3-24,26,28-29H2,1-2H3,(H,40,43)(H,49,50)/b27-25+. The van der Waals surface area contributed by atoms with Crippen molar-refractivity contribution >= 4 is 13.7 Å². The van der Waals surface area contributed by atoms with E-state index in [0.29, 0.717) is 12.8 Å². The number of unbranched alkanes of at least 4 members (excludes halogenated alkanes) is 20. The van der Waals surface area contributed by atoms with Crippen LogP contribution in [0.5, 0.6) is 0 Å². The number of hydrogen-bond donors (Lipinski definition) is 9. The number of carbonyl (C=O) groups is 1. The van der Waals surface area contributed by atoms with E-state index in [-0.39, 0.29) is 6.42 Å². The van der Waals surface area contributed by atoms with Crippen LogP contribution in [-0.2, 0) is 18.4 Å². The van der Waals surface area contributed by atoms with E-state index in [1.165, 1.54) is 96.0 Å². The fourth-order valence-corrected chi connectivity index (χ4v) is 7.62. The maximum Gasteiger partial charge on any atom is 0.472 e. The molecule has 1 aliphatic rings. The fourth-order valence-electron chi connectivity index (χ4n) is 6.65. The average molecular weight is 782 g/mol. The van der Waals surface area contributed by atoms with E-state index in [0.717, 1.165) is 44.9 Å². The van der Waals surface area contributed by atoms with Crippen LogP contribution < -0.4 is 5.32 Å². The van der Waals surface area contributed by atoms with Gasteiger partial charge in [-0.1, -0.05) is 154 Å². The second kappa shape index (κ2) is 30.2. The van der Waals surface area contributed by atoms with Crippen LogP contribution in [0.4, 0.5) is 0 Å². The highest BCUT2D eigenvalue weighted by Crippen LogP contribution is 2.47. The third-order valence-electron chi connectivity index (χ3n) is 10.1. The second-order valence-electron chi connectivity index (χ2n) is 15.0. The van der Waals surface area contributed by atoms with Gasteiger partial charge in [-0.2, -0.15) is 0 Å². The second-order valence-corrected chi connectivity index (χ2v) is 16.4. The molecule has 14 heteroatoms. The summed E-state index contributed by atoms with van der Waals surface area (Å²) in [5.41, 5.74) is 0. The van der Waals surface area contributed by atoms with Gasteiger partial charge in [-0.05, 0) is 19.3 Å². The van der Waals surface area contributed by atoms with Crippen LogP contribution in [0.3, 0.4) is 0 Å². The topological polar surface area (TPSA) is 226 Å². The lowest BCUT2D eigenvalue weighted by atomic mass is 9.85. The Morgan fingerprint density at radius 2 is 1.08 bits per heavy atom. The highest BCUT2D eigenvalue weighted by atomic mass is 31.2. The first-order valence-electron chi connectivity index (χ1n) is 20.7. The minimum absolute atomic E-state index is 0.241. The lowest BCUT2D eigenvalue weighted by Crippen LogP contribution is -2.64. The van der Waals surface area contributed by atoms with E-state index >= 15 is 0 Å². The van der Waals surface area contributed by atoms with Crippen molar-refractivity contribution in [2.75, 3.05) is 6.61 Å². The molecule has 1 fully saturated rings. The Bertz CT molecular complexity index is 974. The third-order valence-corrected chi connectivity index (χ3v) is 11.1. The van der Waals surface area contributed by atoms with E-state index in [9.17, 15) is 50.0 Å². The van der Waals surface area contributed by atoms with Gasteiger partial charge in [0.1, 0.15) is 36.6 Å². The SMILES string of the molecule is CCCCCCCCCC/C=C/C(O)C(COP(=O)(O)OC1C(O)C(O)C(O)C(O)C1O)NC(=O)CC(O)CCCCCCCCCCCCCCC. The molecule has 1 rings (SSSR count). The summed E-state index contributed by atoms with van der Waals surface area (Å²) in [7, 11) is -5.13. The number of allylic oxidation sites excluding steroid dienone is 1. The highest BCUT2D eigenvalue weighted by Gasteiger charge is 2.51. The molecule has 0 heterocycles. The van der Waals surface area contributed by atoms with Crippen LogP contribution in [0.15, 0.2) is 12.2 Å². The maximum atomic E-state index is 12.9. The van der Waals surface area contributed by atoms with Gasteiger partial charge < -0.3 is 46.0 Å². The number of nitrogens with one attached hydrogen (secondary N) is 1. The van der Waals surface area contributed by atoms with Crippen molar-refractivity contribution in [1.82, 2.24) is 5.32 Å². The van der Waals surface area contributed by atoms with Gasteiger partial charge in [0, 0.05) is 0 Å². The summed E-state index contributed by atoms with van der Waals surface area (Å²) in [4.78, 5) is 23.3. The molecule has 1 saturated carbocycles. The van der Waals surface area contributed by atoms with Crippen LogP contribution in [-0.4, -0.2) is 108 Å². The number of aliphatic hydroxyl groups excluding tert-OH is 7. The quantitative estimate of drug-likeness (QED) is 0.0230. The number of aliphatic hydroxyl groups is 7. The third kappa shape index (κ3) is 23.0. The molecule has 53 heavy (non-hydrogen) atoms. The number of amides is 1. The molecule has 0 aromatic heterocycles. The van der Waals surface area contributed by atoms with Crippen LogP contribution in [0, 0.1) is 0 Å². The van der Waals surface area contributed by atoms with Crippen LogP contribution in [0.2, 0.25) is 0 Å². The molecular weight excluding hydrogens is 705 g/mol. The first-order chi connectivity index (χ1) is 25.3. The highest BCUT2D eigenvalue weighted by molar-refractivity contribution is 7.47. The summed E-state index contributed by atoms with van der Waals surface area (Å²) in [6.07, 6.45) is 14.7. The molecule has 0 bridgehead atoms. The Morgan fingerprint density at radius 1 is 0.660 bits per heavy atom. The van der Waals surface area contributed by atoms with Gasteiger partial charge in [0.15, 0.2) is 0 Å². The number of carbonyl (C=O) groups excluding carboxylic acids is 1. The Balaban J connectivity index is 2.60. The molecule has 0 aromatic carbocycles. The van der Waals surface area contributed by atoms with Gasteiger partial charge in [0.05, 0.1) is 31.3 Å². The molecule has 1 amide bonds. The molecule has 1 aliphatic carbocycles. The van der Waals surface area contributed by atoms with Gasteiger partial charge in [0.25, 0.3) is 0 Å². The smallest absolute Gasteiger partial charge is 0.393 e. The average Bonchev–Trinajstić information content (AvgIpc) is 3.12. The zero-order valence-corrected chi connectivity index (χ0v) is 33.6. The molecule has 0 spiro atoms. The van der Waals surface area contributed by atoms with Crippen LogP contribution >= 0.6 is 7.82 Å². The molecule has 9 N–H and O–H groups in total. The molecule has 314 valence electrons. The van der Waals surface area contributed by atoms with Crippen molar-refractivity contribution < 1.29 is 59.0 Å². The Morgan fingerprint density at radius 3 is 1.55 bits per heavy atom. The zero-order valence-electron chi connectivity index (χ0n) is 32.7. The molecule has 0 aliphatic heterocycles. The summed E-state index contributed by atoms with van der Waals surface area (Å²) in [6, 6.07) is -1.23. The lowest BCUT2D eigenvalue weighted by molar-refractivity contribution is -0.220. The van der Waals surface area contributed by atoms with Crippen molar-refractivity contribution in [3.8, 4) is 0 Å². The first-order valence-corrected chi connectivity index (χ1v) is 22.2. The summed E-state index contributed by atoms with van der Waals surface area (Å²) < 4.78 is 22.7. The zero-order chi connectivity index (χ0) is 39.5. The Labute approximate surface area is 319 Å². The number of phosphoric ester groups is 1. The summed E-state index contributed by atoms with van der Waals surface area (Å²) in [6.45, 7) is 3.68. The van der Waals surface area contributed by atoms with Gasteiger partial charge in [-0.3, -0.25) is 13.8 Å². The number of rotatable bonds is 33. The molecule has 8 atom stereocenters. The van der Waals surface area contributed by atoms with Crippen molar-refractivity contribution in [2.24, 2.45) is 0 Å². The molecule has 13 nitrogen and oxygen atoms in total. The maximum absolute atomic E-state index is 12.9. The molecule has 0 saturated heterocycles. The predicted molar refractivity (Wildman–Crippen MR) is 206 cm³/mol. The van der Waals surface area contributed by atoms with E-state index in [1.807, 2.05) is 0 Å². The van der Waals surface area contributed by atoms with E-state index in [1.54, 1.807) is 6.08 Å². The van der Waals surface area contributed by atoms with Crippen LogP contribution in [0.25, 0.3) is 0 Å². The van der Waals surface area contributed by atoms with Crippen molar-refractivity contribution in [3.05, 3.63) is 12.2 Å². The van der Waals surface area contributed by atoms with Gasteiger partial charge in [-0.15, -0.1) is 0 Å². The predicted octanol–water partition coefficient (Wildman–Crippen LogP) is 5.47. The Hall–Kier alpha value is -0.960. The summed E-state index contributed by atoms with van der Waals surface area (Å²) >= 11 is 0. The fraction of sp³-hybridized carbons (Fsp3) is 0.923. The first kappa shape index (κ1) is 50.1. The van der Waals surface area contributed by atoms with Gasteiger partial charge >= 0.3 is 7.82 Å². The molecule has 0 radical (unpaired) electrons. The monoisotopic (exact) mass is 782 g/mol. The van der Waals surface area contributed by atoms with Crippen molar-refractivity contribution in [1.29, 1.82) is 0 Å². The van der Waals surface area contributed by atoms with E-state index in [4.69, 9.17) is 9.05 Å². The minimum Gasteiger partial charge on any atom is -0.393 e. The molecule has 0 aromatic rings. The Kier molecular flexibility index (Phi) is 28.5. The van der Waals surface area contributed by atoms with Gasteiger partial charge in [0.2, 0.25) is 5.91 Å². The summed E-state index contributed by atoms with van der Waals surface area (Å²) in [5, 5.41) is 74.1. The normalized spacial score (nSPS) is 24.9. The number of hydrogen-bond acceptors (Lipinski definition) is 11. The van der Waals surface area contributed by atoms with Crippen molar-refractivity contribution in [2.45, 2.75) is 223 Å². The van der Waals surface area contributed by atoms with E-state index in [2.05, 4.69) is 19.2 Å². The number of phosphoric acid groups is 1. The molecular formula is C39H76NO12P. The lowest BCUT2D eigenvalue weighted by Gasteiger charge is -2.41. The van der Waals surface area contributed by atoms with Gasteiger partial charge in [-0.25, -0.2) is 4.57 Å². The van der Waals surface area contributed by atoms with E-state index < -0.39 is 75.2 Å².